The van der Waals surface area contributed by atoms with Gasteiger partial charge >= 0.3 is 0 Å². The van der Waals surface area contributed by atoms with Crippen molar-refractivity contribution in [3.8, 4) is 10.4 Å². The Bertz CT molecular complexity index is 959. The lowest BCUT2D eigenvalue weighted by molar-refractivity contribution is 0.0734. The number of carbonyl (C=O) groups excluding carboxylic acids is 1. The summed E-state index contributed by atoms with van der Waals surface area (Å²) in [6.07, 6.45) is 7.95. The minimum atomic E-state index is 0.174. The molecule has 0 saturated heterocycles. The monoisotopic (exact) mass is 360 g/mol. The zero-order chi connectivity index (χ0) is 17.5. The van der Waals surface area contributed by atoms with E-state index in [9.17, 15) is 4.79 Å². The van der Waals surface area contributed by atoms with Crippen LogP contribution in [0.4, 0.5) is 0 Å². The van der Waals surface area contributed by atoms with Crippen LogP contribution in [0.25, 0.3) is 10.4 Å². The van der Waals surface area contributed by atoms with Crippen LogP contribution in [-0.4, -0.2) is 21.8 Å². The number of thiophene rings is 1. The van der Waals surface area contributed by atoms with Gasteiger partial charge in [-0.05, 0) is 60.1 Å². The van der Waals surface area contributed by atoms with Gasteiger partial charge < -0.3 is 4.90 Å². The smallest absolute Gasteiger partial charge is 0.264 e. The molecule has 0 N–H and O–H groups in total. The fraction of sp³-hybridized carbons (Fsp3) is 0.273. The Labute approximate surface area is 157 Å². The topological polar surface area (TPSA) is 33.2 Å². The second-order valence-corrected chi connectivity index (χ2v) is 8.20. The van der Waals surface area contributed by atoms with E-state index in [4.69, 9.17) is 0 Å². The van der Waals surface area contributed by atoms with Crippen molar-refractivity contribution >= 4 is 17.2 Å². The Morgan fingerprint density at radius 2 is 1.96 bits per heavy atom. The Morgan fingerprint density at radius 3 is 2.77 bits per heavy atom. The zero-order valence-corrected chi connectivity index (χ0v) is 15.3. The lowest BCUT2D eigenvalue weighted by Gasteiger charge is -2.21. The molecule has 1 fully saturated rings. The fourth-order valence-corrected chi connectivity index (χ4v) is 4.99. The molecule has 3 aromatic rings. The van der Waals surface area contributed by atoms with Crippen molar-refractivity contribution in [2.45, 2.75) is 38.3 Å². The number of hydrogen-bond donors (Lipinski definition) is 0. The first-order valence-electron chi connectivity index (χ1n) is 9.20. The number of amides is 1. The molecule has 26 heavy (non-hydrogen) atoms. The van der Waals surface area contributed by atoms with Crippen LogP contribution in [0, 0.1) is 0 Å². The molecule has 0 radical (unpaired) electrons. The minimum Gasteiger partial charge on any atom is -0.331 e. The largest absolute Gasteiger partial charge is 0.331 e. The van der Waals surface area contributed by atoms with Gasteiger partial charge in [-0.1, -0.05) is 30.3 Å². The lowest BCUT2D eigenvalue weighted by atomic mass is 9.91. The molecule has 4 heteroatoms. The average Bonchev–Trinajstić information content (AvgIpc) is 3.43. The molecule has 1 aromatic carbocycles. The maximum absolute atomic E-state index is 13.3. The van der Waals surface area contributed by atoms with E-state index in [0.717, 1.165) is 36.1 Å². The summed E-state index contributed by atoms with van der Waals surface area (Å²) in [7, 11) is 0. The van der Waals surface area contributed by atoms with Crippen molar-refractivity contribution < 1.29 is 4.79 Å². The highest BCUT2D eigenvalue weighted by Gasteiger charge is 2.34. The predicted octanol–water partition coefficient (Wildman–Crippen LogP) is 4.71. The van der Waals surface area contributed by atoms with Gasteiger partial charge in [-0.15, -0.1) is 11.3 Å². The van der Waals surface area contributed by atoms with E-state index in [1.54, 1.807) is 17.5 Å². The number of benzene rings is 1. The molecule has 2 heterocycles. The first kappa shape index (κ1) is 15.8. The van der Waals surface area contributed by atoms with Crippen LogP contribution in [0.2, 0.25) is 0 Å². The molecule has 0 aliphatic heterocycles. The van der Waals surface area contributed by atoms with Gasteiger partial charge in [0.15, 0.2) is 0 Å². The van der Waals surface area contributed by atoms with Crippen LogP contribution in [-0.2, 0) is 19.4 Å². The molecule has 1 saturated carbocycles. The molecule has 2 aliphatic carbocycles. The van der Waals surface area contributed by atoms with Crippen molar-refractivity contribution in [3.05, 3.63) is 76.4 Å². The quantitative estimate of drug-likeness (QED) is 0.675. The third-order valence-electron chi connectivity index (χ3n) is 5.27. The number of aromatic nitrogens is 1. The number of carbonyl (C=O) groups is 1. The van der Waals surface area contributed by atoms with E-state index in [2.05, 4.69) is 35.3 Å². The highest BCUT2D eigenvalue weighted by Crippen LogP contribution is 2.40. The van der Waals surface area contributed by atoms with Gasteiger partial charge in [0.25, 0.3) is 5.91 Å². The maximum Gasteiger partial charge on any atom is 0.264 e. The van der Waals surface area contributed by atoms with Crippen LogP contribution in [0.15, 0.2) is 54.9 Å². The SMILES string of the molecule is O=C(c1cc2c(s1)-c1ccccc1CC2)N(Cc1cccnc1)C1CC1. The Morgan fingerprint density at radius 1 is 1.12 bits per heavy atom. The lowest BCUT2D eigenvalue weighted by Crippen LogP contribution is -2.32. The Kier molecular flexibility index (Phi) is 3.86. The summed E-state index contributed by atoms with van der Waals surface area (Å²) in [6, 6.07) is 15.1. The van der Waals surface area contributed by atoms with E-state index in [-0.39, 0.29) is 5.91 Å². The first-order valence-corrected chi connectivity index (χ1v) is 10.0. The number of fused-ring (bicyclic) bond motifs is 3. The standard InChI is InChI=1S/C22H20N2OS/c25-22(24(18-9-10-18)14-15-4-3-11-23-13-15)20-12-17-8-7-16-5-1-2-6-19(16)21(17)26-20/h1-6,11-13,18H,7-10,14H2. The van der Waals surface area contributed by atoms with Crippen LogP contribution in [0.5, 0.6) is 0 Å². The van der Waals surface area contributed by atoms with Gasteiger partial charge in [0.2, 0.25) is 0 Å². The minimum absolute atomic E-state index is 0.174. The number of nitrogens with zero attached hydrogens (tertiary/aromatic N) is 2. The van der Waals surface area contributed by atoms with Gasteiger partial charge in [0.1, 0.15) is 0 Å². The summed E-state index contributed by atoms with van der Waals surface area (Å²) in [6.45, 7) is 0.649. The highest BCUT2D eigenvalue weighted by atomic mass is 32.1. The van der Waals surface area contributed by atoms with Crippen LogP contribution in [0.3, 0.4) is 0 Å². The Balaban J connectivity index is 1.46. The van der Waals surface area contributed by atoms with Crippen molar-refractivity contribution in [1.82, 2.24) is 9.88 Å². The number of hydrogen-bond acceptors (Lipinski definition) is 3. The van der Waals surface area contributed by atoms with E-state index in [0.29, 0.717) is 12.6 Å². The van der Waals surface area contributed by atoms with Crippen molar-refractivity contribution in [2.24, 2.45) is 0 Å². The third-order valence-corrected chi connectivity index (χ3v) is 6.47. The molecule has 2 aliphatic rings. The second-order valence-electron chi connectivity index (χ2n) is 7.15. The summed E-state index contributed by atoms with van der Waals surface area (Å²) < 4.78 is 0. The molecule has 3 nitrogen and oxygen atoms in total. The van der Waals surface area contributed by atoms with Crippen LogP contribution in [0.1, 0.15) is 39.2 Å². The zero-order valence-electron chi connectivity index (χ0n) is 14.5. The summed E-state index contributed by atoms with van der Waals surface area (Å²) in [5.74, 6) is 0.174. The number of rotatable bonds is 4. The first-order chi connectivity index (χ1) is 12.8. The Hall–Kier alpha value is -2.46. The highest BCUT2D eigenvalue weighted by molar-refractivity contribution is 7.17. The predicted molar refractivity (Wildman–Crippen MR) is 104 cm³/mol. The van der Waals surface area contributed by atoms with E-state index in [1.807, 2.05) is 23.2 Å². The second kappa shape index (κ2) is 6.36. The van der Waals surface area contributed by atoms with Crippen molar-refractivity contribution in [3.63, 3.8) is 0 Å². The molecule has 2 aromatic heterocycles. The molecule has 0 unspecified atom stereocenters. The van der Waals surface area contributed by atoms with Gasteiger partial charge in [0.05, 0.1) is 4.88 Å². The average molecular weight is 360 g/mol. The summed E-state index contributed by atoms with van der Waals surface area (Å²) in [5, 5.41) is 0. The molecular weight excluding hydrogens is 340 g/mol. The van der Waals surface area contributed by atoms with Crippen molar-refractivity contribution in [2.75, 3.05) is 0 Å². The van der Waals surface area contributed by atoms with E-state index >= 15 is 0 Å². The fourth-order valence-electron chi connectivity index (χ4n) is 3.76. The third kappa shape index (κ3) is 2.84. The van der Waals surface area contributed by atoms with Crippen LogP contribution >= 0.6 is 11.3 Å². The van der Waals surface area contributed by atoms with Gasteiger partial charge in [-0.25, -0.2) is 0 Å². The summed E-state index contributed by atoms with van der Waals surface area (Å²) in [5.41, 5.74) is 5.13. The van der Waals surface area contributed by atoms with Gasteiger partial charge in [-0.3, -0.25) is 9.78 Å². The molecule has 0 atom stereocenters. The maximum atomic E-state index is 13.3. The molecule has 0 spiro atoms. The van der Waals surface area contributed by atoms with Gasteiger partial charge in [0, 0.05) is 29.9 Å². The summed E-state index contributed by atoms with van der Waals surface area (Å²) in [4.78, 5) is 21.7. The molecule has 5 rings (SSSR count). The van der Waals surface area contributed by atoms with E-state index in [1.165, 1.54) is 21.6 Å². The van der Waals surface area contributed by atoms with E-state index < -0.39 is 0 Å². The van der Waals surface area contributed by atoms with Crippen molar-refractivity contribution in [1.29, 1.82) is 0 Å². The van der Waals surface area contributed by atoms with Crippen LogP contribution < -0.4 is 0 Å². The molecule has 0 bridgehead atoms. The van der Waals surface area contributed by atoms with Gasteiger partial charge in [-0.2, -0.15) is 0 Å². The normalized spacial score (nSPS) is 15.2. The summed E-state index contributed by atoms with van der Waals surface area (Å²) >= 11 is 1.66. The molecule has 130 valence electrons. The number of aryl methyl sites for hydroxylation is 2. The molecule has 1 amide bonds. The number of pyridine rings is 1. The molecular formula is C22H20N2OS.